The van der Waals surface area contributed by atoms with E-state index in [0.717, 1.165) is 5.56 Å². The number of piperazine rings is 1. The zero-order valence-corrected chi connectivity index (χ0v) is 14.7. The van der Waals surface area contributed by atoms with Gasteiger partial charge in [0.2, 0.25) is 11.8 Å². The lowest BCUT2D eigenvalue weighted by Gasteiger charge is -2.39. The van der Waals surface area contributed by atoms with Crippen molar-refractivity contribution in [1.82, 2.24) is 15.1 Å². The van der Waals surface area contributed by atoms with E-state index in [4.69, 9.17) is 4.74 Å². The van der Waals surface area contributed by atoms with Crippen molar-refractivity contribution >= 4 is 17.8 Å². The van der Waals surface area contributed by atoms with Crippen LogP contribution in [0, 0.1) is 0 Å². The summed E-state index contributed by atoms with van der Waals surface area (Å²) >= 11 is 0. The van der Waals surface area contributed by atoms with Gasteiger partial charge in [-0.3, -0.25) is 19.3 Å². The Bertz CT molecular complexity index is 606. The molecule has 1 unspecified atom stereocenters. The molecule has 1 fully saturated rings. The smallest absolute Gasteiger partial charge is 0.320 e. The van der Waals surface area contributed by atoms with Gasteiger partial charge in [-0.15, -0.1) is 0 Å². The van der Waals surface area contributed by atoms with Crippen molar-refractivity contribution in [2.45, 2.75) is 26.4 Å². The van der Waals surface area contributed by atoms with Crippen molar-refractivity contribution in [3.8, 4) is 0 Å². The summed E-state index contributed by atoms with van der Waals surface area (Å²) in [6.07, 6.45) is 0. The monoisotopic (exact) mass is 347 g/mol. The van der Waals surface area contributed by atoms with Crippen LogP contribution >= 0.6 is 0 Å². The van der Waals surface area contributed by atoms with Crippen LogP contribution in [-0.2, 0) is 25.7 Å². The molecule has 0 spiro atoms. The zero-order chi connectivity index (χ0) is 18.2. The van der Waals surface area contributed by atoms with E-state index in [1.807, 2.05) is 35.2 Å². The third-order valence-electron chi connectivity index (χ3n) is 4.14. The van der Waals surface area contributed by atoms with Gasteiger partial charge in [-0.25, -0.2) is 0 Å². The second-order valence-electron chi connectivity index (χ2n) is 5.97. The average molecular weight is 347 g/mol. The third-order valence-corrected chi connectivity index (χ3v) is 4.14. The fraction of sp³-hybridized carbons (Fsp3) is 0.500. The summed E-state index contributed by atoms with van der Waals surface area (Å²) in [5.74, 6) is -0.675. The highest BCUT2D eigenvalue weighted by atomic mass is 16.5. The number of carbonyl (C=O) groups excluding carboxylic acids is 3. The first-order chi connectivity index (χ1) is 12.0. The average Bonchev–Trinajstić information content (AvgIpc) is 2.60. The molecular weight excluding hydrogens is 322 g/mol. The Balaban J connectivity index is 1.97. The second-order valence-corrected chi connectivity index (χ2v) is 5.97. The van der Waals surface area contributed by atoms with E-state index >= 15 is 0 Å². The number of amides is 2. The van der Waals surface area contributed by atoms with Crippen molar-refractivity contribution in [2.75, 3.05) is 32.8 Å². The van der Waals surface area contributed by atoms with E-state index in [-0.39, 0.29) is 24.3 Å². The standard InChI is InChI=1S/C18H25N3O4/c1-3-25-17(23)13-20-9-10-21(14(2)22)16(12-20)18(24)19-11-15-7-5-4-6-8-15/h4-8,16H,3,9-13H2,1-2H3,(H,19,24). The van der Waals surface area contributed by atoms with Gasteiger partial charge in [0.1, 0.15) is 6.04 Å². The highest BCUT2D eigenvalue weighted by Gasteiger charge is 2.34. The van der Waals surface area contributed by atoms with Gasteiger partial charge in [-0.1, -0.05) is 30.3 Å². The van der Waals surface area contributed by atoms with Crippen LogP contribution < -0.4 is 5.32 Å². The fourth-order valence-electron chi connectivity index (χ4n) is 2.88. The second kappa shape index (κ2) is 9.17. The minimum atomic E-state index is -0.607. The summed E-state index contributed by atoms with van der Waals surface area (Å²) in [5, 5.41) is 2.88. The summed E-state index contributed by atoms with van der Waals surface area (Å²) in [5.41, 5.74) is 0.990. The molecule has 1 aliphatic heterocycles. The molecular formula is C18H25N3O4. The maximum atomic E-state index is 12.6. The Kier molecular flexibility index (Phi) is 6.94. The summed E-state index contributed by atoms with van der Waals surface area (Å²) in [6.45, 7) is 5.34. The third kappa shape index (κ3) is 5.56. The van der Waals surface area contributed by atoms with Crippen molar-refractivity contribution in [3.63, 3.8) is 0 Å². The topological polar surface area (TPSA) is 79.0 Å². The van der Waals surface area contributed by atoms with E-state index in [0.29, 0.717) is 32.8 Å². The lowest BCUT2D eigenvalue weighted by Crippen LogP contribution is -2.60. The summed E-state index contributed by atoms with van der Waals surface area (Å²) in [6, 6.07) is 8.98. The molecule has 0 aromatic heterocycles. The van der Waals surface area contributed by atoms with Gasteiger partial charge < -0.3 is 15.0 Å². The first kappa shape index (κ1) is 18.9. The highest BCUT2D eigenvalue weighted by Crippen LogP contribution is 2.11. The fourth-order valence-corrected chi connectivity index (χ4v) is 2.88. The first-order valence-electron chi connectivity index (χ1n) is 8.48. The van der Waals surface area contributed by atoms with E-state index in [2.05, 4.69) is 5.32 Å². The van der Waals surface area contributed by atoms with Crippen LogP contribution in [0.5, 0.6) is 0 Å². The molecule has 25 heavy (non-hydrogen) atoms. The molecule has 0 bridgehead atoms. The lowest BCUT2D eigenvalue weighted by atomic mass is 10.1. The molecule has 1 aromatic carbocycles. The van der Waals surface area contributed by atoms with Gasteiger partial charge in [0, 0.05) is 33.1 Å². The number of nitrogens with zero attached hydrogens (tertiary/aromatic N) is 2. The van der Waals surface area contributed by atoms with Crippen LogP contribution in [0.1, 0.15) is 19.4 Å². The number of carbonyl (C=O) groups is 3. The summed E-state index contributed by atoms with van der Waals surface area (Å²) < 4.78 is 4.96. The Morgan fingerprint density at radius 2 is 1.92 bits per heavy atom. The van der Waals surface area contributed by atoms with Crippen molar-refractivity contribution in [1.29, 1.82) is 0 Å². The maximum Gasteiger partial charge on any atom is 0.320 e. The maximum absolute atomic E-state index is 12.6. The normalized spacial score (nSPS) is 17.8. The van der Waals surface area contributed by atoms with Gasteiger partial charge in [0.25, 0.3) is 0 Å². The van der Waals surface area contributed by atoms with E-state index in [1.165, 1.54) is 6.92 Å². The molecule has 1 atom stereocenters. The number of esters is 1. The van der Waals surface area contributed by atoms with Crippen LogP contribution in [0.25, 0.3) is 0 Å². The van der Waals surface area contributed by atoms with Crippen LogP contribution in [-0.4, -0.2) is 66.4 Å². The molecule has 0 saturated carbocycles. The number of rotatable bonds is 6. The van der Waals surface area contributed by atoms with Crippen molar-refractivity contribution in [3.05, 3.63) is 35.9 Å². The summed E-state index contributed by atoms with van der Waals surface area (Å²) in [7, 11) is 0. The predicted octanol–water partition coefficient (Wildman–Crippen LogP) is 0.399. The van der Waals surface area contributed by atoms with Gasteiger partial charge in [-0.05, 0) is 12.5 Å². The van der Waals surface area contributed by atoms with Gasteiger partial charge >= 0.3 is 5.97 Å². The Morgan fingerprint density at radius 1 is 1.20 bits per heavy atom. The van der Waals surface area contributed by atoms with Gasteiger partial charge in [-0.2, -0.15) is 0 Å². The lowest BCUT2D eigenvalue weighted by molar-refractivity contribution is -0.148. The van der Waals surface area contributed by atoms with Crippen molar-refractivity contribution < 1.29 is 19.1 Å². The molecule has 1 heterocycles. The molecule has 1 aliphatic rings. The minimum Gasteiger partial charge on any atom is -0.465 e. The molecule has 1 saturated heterocycles. The SMILES string of the molecule is CCOC(=O)CN1CCN(C(C)=O)C(C(=O)NCc2ccccc2)C1. The molecule has 0 radical (unpaired) electrons. The number of benzene rings is 1. The van der Waals surface area contributed by atoms with E-state index < -0.39 is 6.04 Å². The van der Waals surface area contributed by atoms with Crippen LogP contribution in [0.4, 0.5) is 0 Å². The molecule has 7 nitrogen and oxygen atoms in total. The van der Waals surface area contributed by atoms with Crippen LogP contribution in [0.15, 0.2) is 30.3 Å². The van der Waals surface area contributed by atoms with Crippen molar-refractivity contribution in [2.24, 2.45) is 0 Å². The molecule has 1 N–H and O–H groups in total. The Morgan fingerprint density at radius 3 is 2.56 bits per heavy atom. The Labute approximate surface area is 147 Å². The zero-order valence-electron chi connectivity index (χ0n) is 14.7. The number of ether oxygens (including phenoxy) is 1. The van der Waals surface area contributed by atoms with E-state index in [1.54, 1.807) is 11.8 Å². The number of hydrogen-bond donors (Lipinski definition) is 1. The summed E-state index contributed by atoms with van der Waals surface area (Å²) in [4.78, 5) is 39.5. The number of nitrogens with one attached hydrogen (secondary N) is 1. The quantitative estimate of drug-likeness (QED) is 0.754. The molecule has 2 amide bonds. The minimum absolute atomic E-state index is 0.127. The molecule has 136 valence electrons. The van der Waals surface area contributed by atoms with Crippen LogP contribution in [0.2, 0.25) is 0 Å². The van der Waals surface area contributed by atoms with Gasteiger partial charge in [0.15, 0.2) is 0 Å². The largest absolute Gasteiger partial charge is 0.465 e. The van der Waals surface area contributed by atoms with E-state index in [9.17, 15) is 14.4 Å². The van der Waals surface area contributed by atoms with Crippen LogP contribution in [0.3, 0.4) is 0 Å². The first-order valence-corrected chi connectivity index (χ1v) is 8.48. The molecule has 7 heteroatoms. The van der Waals surface area contributed by atoms with Gasteiger partial charge in [0.05, 0.1) is 13.2 Å². The molecule has 1 aromatic rings. The molecule has 2 rings (SSSR count). The highest BCUT2D eigenvalue weighted by molar-refractivity contribution is 5.87. The Hall–Kier alpha value is -2.41. The predicted molar refractivity (Wildman–Crippen MR) is 92.5 cm³/mol. The molecule has 0 aliphatic carbocycles. The number of hydrogen-bond acceptors (Lipinski definition) is 5.